The van der Waals surface area contributed by atoms with Gasteiger partial charge >= 0.3 is 0 Å². The molecule has 1 aromatic carbocycles. The Labute approximate surface area is 123 Å². The lowest BCUT2D eigenvalue weighted by molar-refractivity contribution is 0.0690. The van der Waals surface area contributed by atoms with Crippen molar-refractivity contribution in [1.29, 1.82) is 0 Å². The summed E-state index contributed by atoms with van der Waals surface area (Å²) in [6.45, 7) is 0.455. The molecule has 1 aromatic rings. The van der Waals surface area contributed by atoms with Crippen LogP contribution in [0.2, 0.25) is 0 Å². The summed E-state index contributed by atoms with van der Waals surface area (Å²) in [7, 11) is 1.47. The Kier molecular flexibility index (Phi) is 5.24. The average Bonchev–Trinajstić information content (AvgIpc) is 2.97. The molecule has 1 aliphatic rings. The van der Waals surface area contributed by atoms with Crippen molar-refractivity contribution in [3.8, 4) is 5.75 Å². The number of carbonyl (C=O) groups excluding carboxylic acids is 1. The van der Waals surface area contributed by atoms with E-state index in [-0.39, 0.29) is 17.5 Å². The number of methoxy groups -OCH3 is 1. The Morgan fingerprint density at radius 3 is 2.70 bits per heavy atom. The number of ether oxygens (including phenoxy) is 1. The van der Waals surface area contributed by atoms with Crippen molar-refractivity contribution < 1.29 is 13.9 Å². The molecule has 1 saturated carbocycles. The quantitative estimate of drug-likeness (QED) is 0.779. The molecule has 3 nitrogen and oxygen atoms in total. The van der Waals surface area contributed by atoms with Crippen molar-refractivity contribution in [1.82, 2.24) is 4.90 Å². The van der Waals surface area contributed by atoms with Crippen LogP contribution in [0.3, 0.4) is 0 Å². The SMILES string of the molecule is COc1ccc(C(=O)N(CCCl)C2CCCC2)c(F)c1. The summed E-state index contributed by atoms with van der Waals surface area (Å²) in [4.78, 5) is 14.2. The zero-order chi connectivity index (χ0) is 14.5. The van der Waals surface area contributed by atoms with Gasteiger partial charge in [-0.25, -0.2) is 4.39 Å². The lowest BCUT2D eigenvalue weighted by Gasteiger charge is -2.28. The van der Waals surface area contributed by atoms with Gasteiger partial charge in [0.05, 0.1) is 12.7 Å². The fraction of sp³-hybridized carbons (Fsp3) is 0.533. The number of benzene rings is 1. The summed E-state index contributed by atoms with van der Waals surface area (Å²) in [5, 5.41) is 0. The van der Waals surface area contributed by atoms with Gasteiger partial charge in [-0.15, -0.1) is 11.6 Å². The van der Waals surface area contributed by atoms with Crippen molar-refractivity contribution in [3.05, 3.63) is 29.6 Å². The fourth-order valence-corrected chi connectivity index (χ4v) is 2.89. The Morgan fingerprint density at radius 2 is 2.15 bits per heavy atom. The maximum atomic E-state index is 14.0. The highest BCUT2D eigenvalue weighted by molar-refractivity contribution is 6.18. The second kappa shape index (κ2) is 6.93. The topological polar surface area (TPSA) is 29.5 Å². The van der Waals surface area contributed by atoms with Gasteiger partial charge in [-0.1, -0.05) is 12.8 Å². The Morgan fingerprint density at radius 1 is 1.45 bits per heavy atom. The number of carbonyl (C=O) groups is 1. The van der Waals surface area contributed by atoms with Crippen molar-refractivity contribution in [3.63, 3.8) is 0 Å². The largest absolute Gasteiger partial charge is 0.497 e. The van der Waals surface area contributed by atoms with E-state index in [0.29, 0.717) is 18.2 Å². The molecule has 0 unspecified atom stereocenters. The van der Waals surface area contributed by atoms with E-state index in [9.17, 15) is 9.18 Å². The van der Waals surface area contributed by atoms with E-state index in [1.54, 1.807) is 11.0 Å². The molecule has 0 N–H and O–H groups in total. The maximum absolute atomic E-state index is 14.0. The molecule has 5 heteroatoms. The summed E-state index contributed by atoms with van der Waals surface area (Å²) < 4.78 is 19.0. The van der Waals surface area contributed by atoms with Crippen LogP contribution < -0.4 is 4.74 Å². The summed E-state index contributed by atoms with van der Waals surface area (Å²) in [6.07, 6.45) is 4.17. The molecule has 0 spiro atoms. The van der Waals surface area contributed by atoms with Gasteiger partial charge < -0.3 is 9.64 Å². The van der Waals surface area contributed by atoms with Crippen molar-refractivity contribution in [2.45, 2.75) is 31.7 Å². The molecule has 0 atom stereocenters. The minimum atomic E-state index is -0.549. The van der Waals surface area contributed by atoms with Gasteiger partial charge in [-0.05, 0) is 25.0 Å². The second-order valence-electron chi connectivity index (χ2n) is 4.97. The molecule has 0 heterocycles. The van der Waals surface area contributed by atoms with Crippen LogP contribution in [0.5, 0.6) is 5.75 Å². The molecule has 0 aromatic heterocycles. The van der Waals surface area contributed by atoms with Crippen LogP contribution in [-0.4, -0.2) is 36.4 Å². The van der Waals surface area contributed by atoms with Crippen LogP contribution in [0.25, 0.3) is 0 Å². The molecule has 1 aliphatic carbocycles. The first-order chi connectivity index (χ1) is 9.67. The van der Waals surface area contributed by atoms with Gasteiger partial charge in [-0.2, -0.15) is 0 Å². The number of amides is 1. The van der Waals surface area contributed by atoms with Crippen LogP contribution in [0.4, 0.5) is 4.39 Å². The maximum Gasteiger partial charge on any atom is 0.257 e. The summed E-state index contributed by atoms with van der Waals surface area (Å²) in [5.74, 6) is -0.0616. The van der Waals surface area contributed by atoms with Gasteiger partial charge in [0.15, 0.2) is 0 Å². The zero-order valence-corrected chi connectivity index (χ0v) is 12.3. The van der Waals surface area contributed by atoms with Crippen LogP contribution >= 0.6 is 11.6 Å². The molecule has 1 fully saturated rings. The molecule has 1 amide bonds. The third-order valence-corrected chi connectivity index (χ3v) is 3.93. The zero-order valence-electron chi connectivity index (χ0n) is 11.6. The van der Waals surface area contributed by atoms with E-state index < -0.39 is 5.82 Å². The number of alkyl halides is 1. The molecule has 20 heavy (non-hydrogen) atoms. The van der Waals surface area contributed by atoms with E-state index in [2.05, 4.69) is 0 Å². The molecule has 0 bridgehead atoms. The molecule has 110 valence electrons. The van der Waals surface area contributed by atoms with Gasteiger partial charge in [0.1, 0.15) is 11.6 Å². The Balaban J connectivity index is 2.22. The van der Waals surface area contributed by atoms with Crippen LogP contribution in [-0.2, 0) is 0 Å². The summed E-state index contributed by atoms with van der Waals surface area (Å²) in [6, 6.07) is 4.50. The number of nitrogens with zero attached hydrogens (tertiary/aromatic N) is 1. The summed E-state index contributed by atoms with van der Waals surface area (Å²) in [5.41, 5.74) is 0.0859. The lowest BCUT2D eigenvalue weighted by Crippen LogP contribution is -2.40. The average molecular weight is 300 g/mol. The smallest absolute Gasteiger partial charge is 0.257 e. The monoisotopic (exact) mass is 299 g/mol. The standard InChI is InChI=1S/C15H19ClFNO2/c1-20-12-6-7-13(14(17)10-12)15(19)18(9-8-16)11-4-2-3-5-11/h6-7,10-11H,2-5,8-9H2,1H3. The highest BCUT2D eigenvalue weighted by Gasteiger charge is 2.28. The van der Waals surface area contributed by atoms with E-state index >= 15 is 0 Å². The normalized spacial score (nSPS) is 15.3. The number of rotatable bonds is 5. The van der Waals surface area contributed by atoms with E-state index in [1.807, 2.05) is 0 Å². The minimum absolute atomic E-state index is 0.0859. The van der Waals surface area contributed by atoms with Crippen LogP contribution in [0.15, 0.2) is 18.2 Å². The number of hydrogen-bond donors (Lipinski definition) is 0. The van der Waals surface area contributed by atoms with Gasteiger partial charge in [0, 0.05) is 24.5 Å². The molecular formula is C15H19ClFNO2. The highest BCUT2D eigenvalue weighted by atomic mass is 35.5. The first kappa shape index (κ1) is 15.1. The predicted molar refractivity (Wildman–Crippen MR) is 77.0 cm³/mol. The Hall–Kier alpha value is -1.29. The van der Waals surface area contributed by atoms with Gasteiger partial charge in [0.25, 0.3) is 5.91 Å². The molecule has 0 saturated heterocycles. The highest BCUT2D eigenvalue weighted by Crippen LogP contribution is 2.26. The van der Waals surface area contributed by atoms with Gasteiger partial charge in [-0.3, -0.25) is 4.79 Å². The third-order valence-electron chi connectivity index (χ3n) is 3.76. The van der Waals surface area contributed by atoms with E-state index in [4.69, 9.17) is 16.3 Å². The first-order valence-electron chi connectivity index (χ1n) is 6.88. The summed E-state index contributed by atoms with van der Waals surface area (Å²) >= 11 is 5.79. The molecule has 0 radical (unpaired) electrons. The van der Waals surface area contributed by atoms with E-state index in [0.717, 1.165) is 25.7 Å². The number of halogens is 2. The lowest BCUT2D eigenvalue weighted by atomic mass is 10.1. The fourth-order valence-electron chi connectivity index (χ4n) is 2.71. The molecular weight excluding hydrogens is 281 g/mol. The number of hydrogen-bond acceptors (Lipinski definition) is 2. The molecule has 0 aliphatic heterocycles. The Bertz CT molecular complexity index is 475. The van der Waals surface area contributed by atoms with Crippen LogP contribution in [0, 0.1) is 5.82 Å². The second-order valence-corrected chi connectivity index (χ2v) is 5.35. The van der Waals surface area contributed by atoms with E-state index in [1.165, 1.54) is 19.2 Å². The first-order valence-corrected chi connectivity index (χ1v) is 7.41. The van der Waals surface area contributed by atoms with Crippen molar-refractivity contribution >= 4 is 17.5 Å². The van der Waals surface area contributed by atoms with Gasteiger partial charge in [0.2, 0.25) is 0 Å². The van der Waals surface area contributed by atoms with Crippen LogP contribution in [0.1, 0.15) is 36.0 Å². The minimum Gasteiger partial charge on any atom is -0.497 e. The van der Waals surface area contributed by atoms with Crippen molar-refractivity contribution in [2.24, 2.45) is 0 Å². The third kappa shape index (κ3) is 3.23. The predicted octanol–water partition coefficient (Wildman–Crippen LogP) is 3.46. The van der Waals surface area contributed by atoms with Crippen molar-refractivity contribution in [2.75, 3.05) is 19.5 Å². The molecule has 2 rings (SSSR count).